The summed E-state index contributed by atoms with van der Waals surface area (Å²) in [6.07, 6.45) is 4.42. The molecule has 0 aromatic carbocycles. The van der Waals surface area contributed by atoms with Crippen LogP contribution in [0.3, 0.4) is 0 Å². The number of guanidine groups is 1. The molecule has 1 rings (SSSR count). The van der Waals surface area contributed by atoms with E-state index in [9.17, 15) is 19.2 Å². The Balaban J connectivity index is 2.71. The quantitative estimate of drug-likeness (QED) is 0.0931. The lowest BCUT2D eigenvalue weighted by molar-refractivity contribution is -0.134. The maximum absolute atomic E-state index is 12.5. The van der Waals surface area contributed by atoms with Gasteiger partial charge in [-0.1, -0.05) is 12.5 Å². The van der Waals surface area contributed by atoms with Crippen LogP contribution in [0.1, 0.15) is 39.0 Å². The summed E-state index contributed by atoms with van der Waals surface area (Å²) in [7, 11) is 0. The molecule has 29 heavy (non-hydrogen) atoms. The molecule has 0 bridgehead atoms. The van der Waals surface area contributed by atoms with Crippen LogP contribution in [0.5, 0.6) is 0 Å². The average Bonchev–Trinajstić information content (AvgIpc) is 2.59. The van der Waals surface area contributed by atoms with Crippen molar-refractivity contribution in [3.63, 3.8) is 0 Å². The van der Waals surface area contributed by atoms with Crippen molar-refractivity contribution in [1.29, 1.82) is 0 Å². The van der Waals surface area contributed by atoms with Crippen LogP contribution in [-0.4, -0.2) is 54.3 Å². The largest absolute Gasteiger partial charge is 0.370 e. The average molecular weight is 409 g/mol. The highest BCUT2D eigenvalue weighted by Crippen LogP contribution is 2.26. The second-order valence-corrected chi connectivity index (χ2v) is 6.99. The Morgan fingerprint density at radius 3 is 2.24 bits per heavy atom. The molecule has 1 fully saturated rings. The zero-order chi connectivity index (χ0) is 22.0. The van der Waals surface area contributed by atoms with E-state index < -0.39 is 35.8 Å². The van der Waals surface area contributed by atoms with Gasteiger partial charge < -0.3 is 33.2 Å². The SMILES string of the molecule is C=CC(NC(=O)C(CCCN=C(N)N)NC(=O)C(C)NC(=O)C1CCC1)C(N)=O. The third-order valence-corrected chi connectivity index (χ3v) is 4.65. The van der Waals surface area contributed by atoms with Crippen molar-refractivity contribution in [2.45, 2.75) is 57.2 Å². The normalized spacial score (nSPS) is 16.3. The topological polar surface area (TPSA) is 195 Å². The number of carbonyl (C=O) groups excluding carboxylic acids is 4. The summed E-state index contributed by atoms with van der Waals surface area (Å²) in [6.45, 7) is 5.24. The Hall–Kier alpha value is -3.11. The van der Waals surface area contributed by atoms with Crippen molar-refractivity contribution in [3.8, 4) is 0 Å². The first kappa shape index (κ1) is 23.9. The van der Waals surface area contributed by atoms with Crippen molar-refractivity contribution in [3.05, 3.63) is 12.7 Å². The zero-order valence-electron chi connectivity index (χ0n) is 16.6. The molecule has 11 heteroatoms. The van der Waals surface area contributed by atoms with Gasteiger partial charge in [0.1, 0.15) is 18.1 Å². The summed E-state index contributed by atoms with van der Waals surface area (Å²) < 4.78 is 0. The number of rotatable bonds is 12. The second kappa shape index (κ2) is 11.7. The Morgan fingerprint density at radius 1 is 1.10 bits per heavy atom. The minimum absolute atomic E-state index is 0.0622. The fourth-order valence-corrected chi connectivity index (χ4v) is 2.64. The molecule has 0 saturated heterocycles. The molecular formula is C18H31N7O4. The number of hydrogen-bond donors (Lipinski definition) is 6. The molecule has 3 atom stereocenters. The zero-order valence-corrected chi connectivity index (χ0v) is 16.6. The second-order valence-electron chi connectivity index (χ2n) is 6.99. The first-order chi connectivity index (χ1) is 13.6. The van der Waals surface area contributed by atoms with Crippen LogP contribution in [0.4, 0.5) is 0 Å². The third kappa shape index (κ3) is 8.20. The van der Waals surface area contributed by atoms with E-state index in [4.69, 9.17) is 17.2 Å². The molecule has 162 valence electrons. The molecule has 0 radical (unpaired) electrons. The standard InChI is InChI=1S/C18H31N7O4/c1-3-12(14(19)26)24-17(29)13(8-5-9-22-18(20)21)25-15(27)10(2)23-16(28)11-6-4-7-11/h3,10-13H,1,4-9H2,2H3,(H2,19,26)(H,23,28)(H,24,29)(H,25,27)(H4,20,21,22). The Bertz CT molecular complexity index is 657. The van der Waals surface area contributed by atoms with Gasteiger partial charge in [-0.05, 0) is 32.6 Å². The molecule has 4 amide bonds. The van der Waals surface area contributed by atoms with Crippen LogP contribution in [0.2, 0.25) is 0 Å². The molecule has 0 heterocycles. The van der Waals surface area contributed by atoms with E-state index >= 15 is 0 Å². The molecule has 9 N–H and O–H groups in total. The third-order valence-electron chi connectivity index (χ3n) is 4.65. The van der Waals surface area contributed by atoms with E-state index in [-0.39, 0.29) is 30.8 Å². The summed E-state index contributed by atoms with van der Waals surface area (Å²) in [5.74, 6) is -2.22. The van der Waals surface area contributed by atoms with E-state index in [0.717, 1.165) is 19.3 Å². The summed E-state index contributed by atoms with van der Waals surface area (Å²) in [4.78, 5) is 52.2. The van der Waals surface area contributed by atoms with E-state index in [1.807, 2.05) is 0 Å². The minimum Gasteiger partial charge on any atom is -0.370 e. The minimum atomic E-state index is -1.07. The van der Waals surface area contributed by atoms with Crippen molar-refractivity contribution in [1.82, 2.24) is 16.0 Å². The number of nitrogens with one attached hydrogen (secondary N) is 3. The van der Waals surface area contributed by atoms with Crippen LogP contribution in [0.25, 0.3) is 0 Å². The summed E-state index contributed by atoms with van der Waals surface area (Å²) in [5.41, 5.74) is 15.7. The van der Waals surface area contributed by atoms with Gasteiger partial charge in [0.2, 0.25) is 23.6 Å². The van der Waals surface area contributed by atoms with Gasteiger partial charge in [0.05, 0.1) is 0 Å². The first-order valence-corrected chi connectivity index (χ1v) is 9.54. The highest BCUT2D eigenvalue weighted by Gasteiger charge is 2.29. The van der Waals surface area contributed by atoms with Gasteiger partial charge in [-0.15, -0.1) is 6.58 Å². The molecule has 3 unspecified atom stereocenters. The van der Waals surface area contributed by atoms with E-state index in [0.29, 0.717) is 6.42 Å². The van der Waals surface area contributed by atoms with Gasteiger partial charge >= 0.3 is 0 Å². The molecular weight excluding hydrogens is 378 g/mol. The predicted octanol–water partition coefficient (Wildman–Crippen LogP) is -2.01. The van der Waals surface area contributed by atoms with Crippen LogP contribution in [0, 0.1) is 5.92 Å². The molecule has 0 aromatic heterocycles. The van der Waals surface area contributed by atoms with Gasteiger partial charge in [-0.3, -0.25) is 24.2 Å². The number of carbonyl (C=O) groups is 4. The van der Waals surface area contributed by atoms with Gasteiger partial charge in [0, 0.05) is 12.5 Å². The lowest BCUT2D eigenvalue weighted by Crippen LogP contribution is -2.56. The lowest BCUT2D eigenvalue weighted by atomic mass is 9.84. The summed E-state index contributed by atoms with van der Waals surface area (Å²) in [5, 5.41) is 7.66. The van der Waals surface area contributed by atoms with Crippen molar-refractivity contribution >= 4 is 29.6 Å². The number of primary amides is 1. The number of amides is 4. The smallest absolute Gasteiger partial charge is 0.244 e. The van der Waals surface area contributed by atoms with Crippen molar-refractivity contribution in [2.75, 3.05) is 6.54 Å². The maximum Gasteiger partial charge on any atom is 0.244 e. The molecule has 11 nitrogen and oxygen atoms in total. The molecule has 0 spiro atoms. The van der Waals surface area contributed by atoms with Gasteiger partial charge in [0.15, 0.2) is 5.96 Å². The van der Waals surface area contributed by atoms with Crippen LogP contribution in [-0.2, 0) is 19.2 Å². The van der Waals surface area contributed by atoms with Crippen molar-refractivity contribution < 1.29 is 19.2 Å². The number of hydrogen-bond acceptors (Lipinski definition) is 5. The van der Waals surface area contributed by atoms with Crippen LogP contribution in [0.15, 0.2) is 17.6 Å². The highest BCUT2D eigenvalue weighted by atomic mass is 16.2. The van der Waals surface area contributed by atoms with E-state index in [1.54, 1.807) is 0 Å². The summed E-state index contributed by atoms with van der Waals surface area (Å²) >= 11 is 0. The van der Waals surface area contributed by atoms with Crippen LogP contribution < -0.4 is 33.2 Å². The molecule has 0 aromatic rings. The molecule has 1 aliphatic carbocycles. The number of aliphatic imine (C=N–C) groups is 1. The number of nitrogens with two attached hydrogens (primary N) is 3. The lowest BCUT2D eigenvalue weighted by Gasteiger charge is -2.27. The Kier molecular flexibility index (Phi) is 9.63. The molecule has 0 aliphatic heterocycles. The van der Waals surface area contributed by atoms with Crippen molar-refractivity contribution in [2.24, 2.45) is 28.1 Å². The molecule has 1 saturated carbocycles. The maximum atomic E-state index is 12.5. The van der Waals surface area contributed by atoms with Gasteiger partial charge in [-0.25, -0.2) is 0 Å². The Labute approximate surface area is 169 Å². The first-order valence-electron chi connectivity index (χ1n) is 9.54. The van der Waals surface area contributed by atoms with Gasteiger partial charge in [-0.2, -0.15) is 0 Å². The van der Waals surface area contributed by atoms with E-state index in [1.165, 1.54) is 13.0 Å². The highest BCUT2D eigenvalue weighted by molar-refractivity contribution is 5.94. The fourth-order valence-electron chi connectivity index (χ4n) is 2.64. The monoisotopic (exact) mass is 409 g/mol. The molecule has 1 aliphatic rings. The fraction of sp³-hybridized carbons (Fsp3) is 0.611. The van der Waals surface area contributed by atoms with Gasteiger partial charge in [0.25, 0.3) is 0 Å². The Morgan fingerprint density at radius 2 is 1.76 bits per heavy atom. The van der Waals surface area contributed by atoms with Crippen LogP contribution >= 0.6 is 0 Å². The predicted molar refractivity (Wildman–Crippen MR) is 108 cm³/mol. The summed E-state index contributed by atoms with van der Waals surface area (Å²) in [6, 6.07) is -2.86. The number of nitrogens with zero attached hydrogens (tertiary/aromatic N) is 1. The van der Waals surface area contributed by atoms with E-state index in [2.05, 4.69) is 27.5 Å².